The Morgan fingerprint density at radius 3 is 2.83 bits per heavy atom. The molecule has 0 atom stereocenters. The van der Waals surface area contributed by atoms with Crippen LogP contribution in [0.2, 0.25) is 5.02 Å². The van der Waals surface area contributed by atoms with Crippen LogP contribution in [0.5, 0.6) is 0 Å². The third-order valence-electron chi connectivity index (χ3n) is 3.00. The molecule has 2 aromatic carbocycles. The smallest absolute Gasteiger partial charge is 0.307 e. The standard InChI is InChI=1S/C14H10ClNO2/c15-11-3-1-2-9-10-6-8(7-13(17)18)4-5-12(10)16-14(9)11/h1-6,16H,7H2,(H,17,18). The molecule has 0 aliphatic carbocycles. The normalized spacial score (nSPS) is 11.2. The van der Waals surface area contributed by atoms with Crippen molar-refractivity contribution in [2.45, 2.75) is 6.42 Å². The number of hydrogen-bond donors (Lipinski definition) is 2. The molecule has 3 rings (SSSR count). The summed E-state index contributed by atoms with van der Waals surface area (Å²) in [6, 6.07) is 11.3. The van der Waals surface area contributed by atoms with Gasteiger partial charge < -0.3 is 10.1 Å². The lowest BCUT2D eigenvalue weighted by Gasteiger charge is -1.97. The van der Waals surface area contributed by atoms with Crippen molar-refractivity contribution in [1.82, 2.24) is 4.98 Å². The van der Waals surface area contributed by atoms with Crippen LogP contribution in [-0.2, 0) is 11.2 Å². The number of hydrogen-bond acceptors (Lipinski definition) is 1. The third-order valence-corrected chi connectivity index (χ3v) is 3.32. The molecule has 2 N–H and O–H groups in total. The van der Waals surface area contributed by atoms with E-state index in [1.54, 1.807) is 0 Å². The molecule has 0 saturated heterocycles. The Morgan fingerprint density at radius 1 is 1.22 bits per heavy atom. The Morgan fingerprint density at radius 2 is 2.06 bits per heavy atom. The second-order valence-corrected chi connectivity index (χ2v) is 4.65. The van der Waals surface area contributed by atoms with Gasteiger partial charge in [0, 0.05) is 16.3 Å². The summed E-state index contributed by atoms with van der Waals surface area (Å²) in [5, 5.41) is 11.5. The van der Waals surface area contributed by atoms with Gasteiger partial charge in [0.2, 0.25) is 0 Å². The fourth-order valence-electron chi connectivity index (χ4n) is 2.22. The van der Waals surface area contributed by atoms with Gasteiger partial charge in [0.1, 0.15) is 0 Å². The van der Waals surface area contributed by atoms with Crippen molar-refractivity contribution in [2.75, 3.05) is 0 Å². The van der Waals surface area contributed by atoms with Crippen molar-refractivity contribution in [3.05, 3.63) is 47.0 Å². The first-order chi connectivity index (χ1) is 8.65. The van der Waals surface area contributed by atoms with E-state index in [1.165, 1.54) is 0 Å². The van der Waals surface area contributed by atoms with Gasteiger partial charge in [0.15, 0.2) is 0 Å². The van der Waals surface area contributed by atoms with E-state index in [4.69, 9.17) is 16.7 Å². The van der Waals surface area contributed by atoms with Gasteiger partial charge in [0.05, 0.1) is 17.0 Å². The fourth-order valence-corrected chi connectivity index (χ4v) is 2.44. The van der Waals surface area contributed by atoms with Crippen LogP contribution in [0.4, 0.5) is 0 Å². The highest BCUT2D eigenvalue weighted by Gasteiger charge is 2.08. The Kier molecular flexibility index (Phi) is 2.49. The first kappa shape index (κ1) is 11.1. The van der Waals surface area contributed by atoms with Crippen molar-refractivity contribution in [3.8, 4) is 0 Å². The Bertz CT molecular complexity index is 761. The lowest BCUT2D eigenvalue weighted by Crippen LogP contribution is -1.99. The number of rotatable bonds is 2. The zero-order valence-corrected chi connectivity index (χ0v) is 10.2. The summed E-state index contributed by atoms with van der Waals surface area (Å²) >= 11 is 6.13. The van der Waals surface area contributed by atoms with Crippen LogP contribution < -0.4 is 0 Å². The maximum absolute atomic E-state index is 10.7. The maximum atomic E-state index is 10.7. The Balaban J connectivity index is 2.29. The van der Waals surface area contributed by atoms with E-state index >= 15 is 0 Å². The number of fused-ring (bicyclic) bond motifs is 3. The molecule has 0 bridgehead atoms. The summed E-state index contributed by atoms with van der Waals surface area (Å²) < 4.78 is 0. The van der Waals surface area contributed by atoms with Gasteiger partial charge in [-0.05, 0) is 23.8 Å². The predicted octanol–water partition coefficient (Wildman–Crippen LogP) is 3.60. The average molecular weight is 260 g/mol. The SMILES string of the molecule is O=C(O)Cc1ccc2[nH]c3c(Cl)cccc3c2c1. The van der Waals surface area contributed by atoms with Gasteiger partial charge in [-0.15, -0.1) is 0 Å². The highest BCUT2D eigenvalue weighted by molar-refractivity contribution is 6.36. The van der Waals surface area contributed by atoms with Crippen LogP contribution in [-0.4, -0.2) is 16.1 Å². The van der Waals surface area contributed by atoms with Crippen LogP contribution >= 0.6 is 11.6 Å². The topological polar surface area (TPSA) is 53.1 Å². The van der Waals surface area contributed by atoms with Gasteiger partial charge in [0.25, 0.3) is 0 Å². The second kappa shape index (κ2) is 4.03. The average Bonchev–Trinajstić information content (AvgIpc) is 2.68. The molecule has 1 heterocycles. The summed E-state index contributed by atoms with van der Waals surface area (Å²) in [6.45, 7) is 0. The predicted molar refractivity (Wildman–Crippen MR) is 72.2 cm³/mol. The van der Waals surface area contributed by atoms with Crippen molar-refractivity contribution >= 4 is 39.4 Å². The molecule has 3 nitrogen and oxygen atoms in total. The number of carbonyl (C=O) groups is 1. The zero-order valence-electron chi connectivity index (χ0n) is 9.40. The van der Waals surface area contributed by atoms with Gasteiger partial charge in [-0.3, -0.25) is 4.79 Å². The van der Waals surface area contributed by atoms with E-state index in [2.05, 4.69) is 4.98 Å². The van der Waals surface area contributed by atoms with Crippen molar-refractivity contribution in [2.24, 2.45) is 0 Å². The minimum Gasteiger partial charge on any atom is -0.481 e. The van der Waals surface area contributed by atoms with Crippen LogP contribution in [0.1, 0.15) is 5.56 Å². The molecule has 4 heteroatoms. The molecule has 0 amide bonds. The van der Waals surface area contributed by atoms with Crippen LogP contribution in [0.25, 0.3) is 21.8 Å². The van der Waals surface area contributed by atoms with Gasteiger partial charge in [-0.2, -0.15) is 0 Å². The highest BCUT2D eigenvalue weighted by atomic mass is 35.5. The number of aliphatic carboxylic acids is 1. The van der Waals surface area contributed by atoms with Crippen LogP contribution in [0.15, 0.2) is 36.4 Å². The summed E-state index contributed by atoms with van der Waals surface area (Å²) in [5.74, 6) is -0.827. The Hall–Kier alpha value is -2.00. The number of carboxylic acid groups (broad SMARTS) is 1. The lowest BCUT2D eigenvalue weighted by atomic mass is 10.1. The molecule has 90 valence electrons. The number of H-pyrrole nitrogens is 1. The van der Waals surface area contributed by atoms with Gasteiger partial charge in [-0.1, -0.05) is 29.8 Å². The highest BCUT2D eigenvalue weighted by Crippen LogP contribution is 2.30. The number of aromatic nitrogens is 1. The number of aromatic amines is 1. The first-order valence-electron chi connectivity index (χ1n) is 5.56. The summed E-state index contributed by atoms with van der Waals surface area (Å²) in [7, 11) is 0. The minimum atomic E-state index is -0.827. The van der Waals surface area contributed by atoms with Gasteiger partial charge >= 0.3 is 5.97 Å². The molecule has 0 saturated carbocycles. The lowest BCUT2D eigenvalue weighted by molar-refractivity contribution is -0.136. The number of nitrogens with one attached hydrogen (secondary N) is 1. The molecule has 0 radical (unpaired) electrons. The minimum absolute atomic E-state index is 0.0309. The molecule has 0 aliphatic heterocycles. The van der Waals surface area contributed by atoms with Crippen LogP contribution in [0.3, 0.4) is 0 Å². The monoisotopic (exact) mass is 259 g/mol. The van der Waals surface area contributed by atoms with E-state index in [0.29, 0.717) is 5.02 Å². The van der Waals surface area contributed by atoms with E-state index in [-0.39, 0.29) is 6.42 Å². The van der Waals surface area contributed by atoms with Crippen molar-refractivity contribution in [3.63, 3.8) is 0 Å². The van der Waals surface area contributed by atoms with Crippen molar-refractivity contribution in [1.29, 1.82) is 0 Å². The zero-order chi connectivity index (χ0) is 12.7. The summed E-state index contributed by atoms with van der Waals surface area (Å²) in [5.41, 5.74) is 2.64. The summed E-state index contributed by atoms with van der Waals surface area (Å²) in [6.07, 6.45) is 0.0309. The molecule has 0 unspecified atom stereocenters. The van der Waals surface area contributed by atoms with Crippen LogP contribution in [0, 0.1) is 0 Å². The first-order valence-corrected chi connectivity index (χ1v) is 5.93. The number of para-hydroxylation sites is 1. The molecule has 18 heavy (non-hydrogen) atoms. The largest absolute Gasteiger partial charge is 0.481 e. The van der Waals surface area contributed by atoms with E-state index in [0.717, 1.165) is 27.4 Å². The molecular formula is C14H10ClNO2. The third kappa shape index (κ3) is 1.73. The molecule has 0 spiro atoms. The van der Waals surface area contributed by atoms with Crippen molar-refractivity contribution < 1.29 is 9.90 Å². The number of halogens is 1. The maximum Gasteiger partial charge on any atom is 0.307 e. The van der Waals surface area contributed by atoms with Gasteiger partial charge in [-0.25, -0.2) is 0 Å². The van der Waals surface area contributed by atoms with E-state index in [1.807, 2.05) is 36.4 Å². The number of benzene rings is 2. The molecule has 0 aliphatic rings. The molecule has 0 fully saturated rings. The Labute approximate surface area is 108 Å². The fraction of sp³-hybridized carbons (Fsp3) is 0.0714. The molecular weight excluding hydrogens is 250 g/mol. The molecule has 1 aromatic heterocycles. The second-order valence-electron chi connectivity index (χ2n) is 4.24. The summed E-state index contributed by atoms with van der Waals surface area (Å²) in [4.78, 5) is 14.0. The van der Waals surface area contributed by atoms with E-state index < -0.39 is 5.97 Å². The quantitative estimate of drug-likeness (QED) is 0.739. The van der Waals surface area contributed by atoms with E-state index in [9.17, 15) is 4.79 Å². The molecule has 3 aromatic rings. The number of carboxylic acids is 1.